The summed E-state index contributed by atoms with van der Waals surface area (Å²) in [5, 5.41) is 31.8. The molecule has 194 valence electrons. The van der Waals surface area contributed by atoms with Crippen LogP contribution in [0.25, 0.3) is 11.1 Å². The van der Waals surface area contributed by atoms with Crippen LogP contribution in [0.4, 0.5) is 0 Å². The van der Waals surface area contributed by atoms with Crippen LogP contribution >= 0.6 is 23.2 Å². The predicted octanol–water partition coefficient (Wildman–Crippen LogP) is 5.01. The van der Waals surface area contributed by atoms with Gasteiger partial charge < -0.3 is 26.0 Å². The van der Waals surface area contributed by atoms with E-state index in [1.54, 1.807) is 24.3 Å². The van der Waals surface area contributed by atoms with Crippen LogP contribution in [0.5, 0.6) is 0 Å². The number of nitrogens with zero attached hydrogens (tertiary/aromatic N) is 1. The number of aliphatic hydroxyl groups excluding tert-OH is 3. The Morgan fingerprint density at radius 2 is 1.68 bits per heavy atom. The van der Waals surface area contributed by atoms with Crippen LogP contribution < -0.4 is 5.73 Å². The second-order valence-electron chi connectivity index (χ2n) is 9.92. The fraction of sp³-hybridized carbons (Fsp3) is 0.345. The number of aliphatic hydroxyl groups is 3. The lowest BCUT2D eigenvalue weighted by molar-refractivity contribution is 0.0121. The molecule has 1 heterocycles. The lowest BCUT2D eigenvalue weighted by atomic mass is 9.75. The molecule has 37 heavy (non-hydrogen) atoms. The molecule has 1 aliphatic carbocycles. The minimum atomic E-state index is -1.29. The van der Waals surface area contributed by atoms with E-state index in [2.05, 4.69) is 0 Å². The van der Waals surface area contributed by atoms with Crippen molar-refractivity contribution in [1.29, 1.82) is 0 Å². The Bertz CT molecular complexity index is 1310. The van der Waals surface area contributed by atoms with Crippen LogP contribution in [-0.4, -0.2) is 44.5 Å². The van der Waals surface area contributed by atoms with Crippen molar-refractivity contribution < 1.29 is 20.1 Å². The molecule has 6 nitrogen and oxygen atoms in total. The second-order valence-corrected chi connectivity index (χ2v) is 10.8. The number of carbonyl (C=O) groups excluding carboxylic acids is 1. The standard InChI is InChI=1S/C29H30Cl2N2O4/c30-18-6-12-23(25(31)14-18)27-26(28(32)36)24-13-16(21-4-2-1-3-17(21)15-34)5-11-22(24)29(37)33(27)19-7-9-20(35)10-8-19/h1-6,11-14,19-20,26-28,34-36H,7-10,15,32H2/t19-,20-,26-,27+,28?/m1/s1. The van der Waals surface area contributed by atoms with Gasteiger partial charge in [-0.05, 0) is 77.8 Å². The highest BCUT2D eigenvalue weighted by molar-refractivity contribution is 6.35. The van der Waals surface area contributed by atoms with E-state index in [9.17, 15) is 20.1 Å². The monoisotopic (exact) mass is 540 g/mol. The zero-order valence-corrected chi connectivity index (χ0v) is 21.7. The first-order valence-electron chi connectivity index (χ1n) is 12.5. The molecule has 3 aromatic carbocycles. The normalized spacial score (nSPS) is 24.6. The number of hydrogen-bond donors (Lipinski definition) is 4. The Kier molecular flexibility index (Phi) is 7.59. The first-order valence-corrected chi connectivity index (χ1v) is 13.3. The van der Waals surface area contributed by atoms with Crippen molar-refractivity contribution in [3.8, 4) is 11.1 Å². The van der Waals surface area contributed by atoms with Gasteiger partial charge in [0.25, 0.3) is 5.91 Å². The minimum absolute atomic E-state index is 0.126. The Labute approximate surface area is 226 Å². The zero-order valence-electron chi connectivity index (χ0n) is 20.2. The van der Waals surface area contributed by atoms with E-state index in [4.69, 9.17) is 28.9 Å². The third kappa shape index (κ3) is 4.90. The summed E-state index contributed by atoms with van der Waals surface area (Å²) in [6.07, 6.45) is 0.789. The highest BCUT2D eigenvalue weighted by atomic mass is 35.5. The molecule has 3 aromatic rings. The molecule has 8 heteroatoms. The first-order chi connectivity index (χ1) is 17.8. The molecule has 1 unspecified atom stereocenters. The molecule has 0 radical (unpaired) electrons. The second kappa shape index (κ2) is 10.7. The molecule has 3 atom stereocenters. The molecule has 2 aliphatic rings. The van der Waals surface area contributed by atoms with E-state index in [-0.39, 0.29) is 24.7 Å². The highest BCUT2D eigenvalue weighted by Gasteiger charge is 2.47. The van der Waals surface area contributed by atoms with E-state index in [0.29, 0.717) is 52.4 Å². The molecule has 0 bridgehead atoms. The van der Waals surface area contributed by atoms with Gasteiger partial charge in [-0.1, -0.05) is 59.6 Å². The van der Waals surface area contributed by atoms with Crippen LogP contribution in [0, 0.1) is 0 Å². The van der Waals surface area contributed by atoms with Crippen molar-refractivity contribution in [3.63, 3.8) is 0 Å². The molecular formula is C29H30Cl2N2O4. The van der Waals surface area contributed by atoms with Crippen molar-refractivity contribution in [3.05, 3.63) is 93.0 Å². The van der Waals surface area contributed by atoms with Gasteiger partial charge in [0.15, 0.2) is 0 Å². The third-order valence-corrected chi connectivity index (χ3v) is 8.29. The summed E-state index contributed by atoms with van der Waals surface area (Å²) >= 11 is 12.9. The smallest absolute Gasteiger partial charge is 0.254 e. The Hall–Kier alpha value is -2.45. The summed E-state index contributed by atoms with van der Waals surface area (Å²) in [7, 11) is 0. The third-order valence-electron chi connectivity index (χ3n) is 7.72. The maximum Gasteiger partial charge on any atom is 0.254 e. The van der Waals surface area contributed by atoms with Crippen molar-refractivity contribution in [2.75, 3.05) is 0 Å². The molecule has 1 saturated carbocycles. The number of amides is 1. The van der Waals surface area contributed by atoms with E-state index in [0.717, 1.165) is 16.7 Å². The summed E-state index contributed by atoms with van der Waals surface area (Å²) in [6, 6.07) is 17.4. The number of rotatable bonds is 5. The van der Waals surface area contributed by atoms with E-state index >= 15 is 0 Å². The fourth-order valence-corrected chi connectivity index (χ4v) is 6.45. The van der Waals surface area contributed by atoms with Gasteiger partial charge in [0.05, 0.1) is 18.8 Å². The molecule has 1 amide bonds. The van der Waals surface area contributed by atoms with E-state index in [1.165, 1.54) is 0 Å². The molecule has 0 spiro atoms. The predicted molar refractivity (Wildman–Crippen MR) is 144 cm³/mol. The van der Waals surface area contributed by atoms with Crippen LogP contribution in [0.1, 0.15) is 64.7 Å². The van der Waals surface area contributed by atoms with Gasteiger partial charge in [-0.15, -0.1) is 0 Å². The largest absolute Gasteiger partial charge is 0.393 e. The molecular weight excluding hydrogens is 511 g/mol. The van der Waals surface area contributed by atoms with Crippen molar-refractivity contribution >= 4 is 29.1 Å². The first kappa shape index (κ1) is 26.2. The Morgan fingerprint density at radius 1 is 0.946 bits per heavy atom. The average molecular weight is 541 g/mol. The minimum Gasteiger partial charge on any atom is -0.393 e. The molecule has 5 rings (SSSR count). The molecule has 1 fully saturated rings. The SMILES string of the molecule is NC(O)[C@@H]1c2cc(-c3ccccc3CO)ccc2C(=O)N([C@H]2CC[C@H](O)CC2)[C@H]1c1ccc(Cl)cc1Cl. The number of nitrogens with two attached hydrogens (primary N) is 1. The quantitative estimate of drug-likeness (QED) is 0.340. The lowest BCUT2D eigenvalue weighted by Crippen LogP contribution is -2.53. The van der Waals surface area contributed by atoms with Crippen LogP contribution in [0.3, 0.4) is 0 Å². The van der Waals surface area contributed by atoms with E-state index in [1.807, 2.05) is 41.3 Å². The van der Waals surface area contributed by atoms with Gasteiger partial charge in [-0.25, -0.2) is 0 Å². The number of hydrogen-bond acceptors (Lipinski definition) is 5. The summed E-state index contributed by atoms with van der Waals surface area (Å²) < 4.78 is 0. The molecule has 0 aromatic heterocycles. The van der Waals surface area contributed by atoms with Gasteiger partial charge in [0, 0.05) is 27.6 Å². The molecule has 0 saturated heterocycles. The van der Waals surface area contributed by atoms with Crippen LogP contribution in [0.15, 0.2) is 60.7 Å². The lowest BCUT2D eigenvalue weighted by Gasteiger charge is -2.48. The number of halogens is 2. The van der Waals surface area contributed by atoms with Crippen LogP contribution in [-0.2, 0) is 6.61 Å². The summed E-state index contributed by atoms with van der Waals surface area (Å²) in [6.45, 7) is -0.126. The average Bonchev–Trinajstić information content (AvgIpc) is 2.89. The zero-order chi connectivity index (χ0) is 26.3. The van der Waals surface area contributed by atoms with Crippen molar-refractivity contribution in [2.45, 2.75) is 62.6 Å². The van der Waals surface area contributed by atoms with E-state index < -0.39 is 18.2 Å². The number of carbonyl (C=O) groups is 1. The number of fused-ring (bicyclic) bond motifs is 1. The topological polar surface area (TPSA) is 107 Å². The summed E-state index contributed by atoms with van der Waals surface area (Å²) in [5.41, 5.74) is 10.5. The Morgan fingerprint density at radius 3 is 2.35 bits per heavy atom. The van der Waals surface area contributed by atoms with Gasteiger partial charge in [0.1, 0.15) is 6.23 Å². The van der Waals surface area contributed by atoms with Gasteiger partial charge >= 0.3 is 0 Å². The summed E-state index contributed by atoms with van der Waals surface area (Å²) in [5.74, 6) is -0.828. The van der Waals surface area contributed by atoms with Crippen molar-refractivity contribution in [2.24, 2.45) is 5.73 Å². The maximum atomic E-state index is 14.1. The summed E-state index contributed by atoms with van der Waals surface area (Å²) in [4.78, 5) is 15.9. The molecule has 1 aliphatic heterocycles. The molecule has 5 N–H and O–H groups in total. The van der Waals surface area contributed by atoms with Gasteiger partial charge in [-0.3, -0.25) is 4.79 Å². The highest BCUT2D eigenvalue weighted by Crippen LogP contribution is 2.49. The fourth-order valence-electron chi connectivity index (χ4n) is 5.93. The maximum absolute atomic E-state index is 14.1. The number of benzene rings is 3. The van der Waals surface area contributed by atoms with Gasteiger partial charge in [-0.2, -0.15) is 0 Å². The van der Waals surface area contributed by atoms with Gasteiger partial charge in [0.2, 0.25) is 0 Å². The Balaban J connectivity index is 1.70. The van der Waals surface area contributed by atoms with Crippen LogP contribution in [0.2, 0.25) is 10.0 Å². The van der Waals surface area contributed by atoms with Crippen molar-refractivity contribution in [1.82, 2.24) is 4.90 Å².